The third-order valence-electron chi connectivity index (χ3n) is 1.52. The molecule has 1 aromatic rings. The Balaban J connectivity index is 3.41. The molecule has 0 fully saturated rings. The molecule has 13 heavy (non-hydrogen) atoms. The summed E-state index contributed by atoms with van der Waals surface area (Å²) in [6, 6.07) is 4.28. The van der Waals surface area contributed by atoms with Crippen molar-refractivity contribution in [2.45, 2.75) is 11.5 Å². The molecule has 0 aliphatic carbocycles. The monoisotopic (exact) mass is 221 g/mol. The van der Waals surface area contributed by atoms with E-state index in [2.05, 4.69) is 0 Å². The fraction of sp³-hybridized carbons (Fsp3) is 0.143. The summed E-state index contributed by atoms with van der Waals surface area (Å²) < 4.78 is 21.9. The van der Waals surface area contributed by atoms with Crippen LogP contribution in [0.2, 0.25) is 5.02 Å². The van der Waals surface area contributed by atoms with E-state index in [1.165, 1.54) is 18.2 Å². The minimum Gasteiger partial charge on any atom is -0.392 e. The predicted molar refractivity (Wildman–Crippen MR) is 48.7 cm³/mol. The third kappa shape index (κ3) is 2.19. The van der Waals surface area contributed by atoms with Crippen molar-refractivity contribution >= 4 is 21.6 Å². The molecule has 1 aromatic carbocycles. The first-order valence-corrected chi connectivity index (χ1v) is 5.30. The van der Waals surface area contributed by atoms with Crippen LogP contribution in [0.15, 0.2) is 23.1 Å². The SMILES string of the molecule is NS(=O)(=O)c1cccc(CO)c1Cl. The van der Waals surface area contributed by atoms with Gasteiger partial charge in [-0.3, -0.25) is 0 Å². The molecule has 0 saturated carbocycles. The number of aliphatic hydroxyl groups is 1. The van der Waals surface area contributed by atoms with Crippen LogP contribution in [0, 0.1) is 0 Å². The van der Waals surface area contributed by atoms with Crippen molar-refractivity contribution in [3.05, 3.63) is 28.8 Å². The Morgan fingerprint density at radius 1 is 1.46 bits per heavy atom. The van der Waals surface area contributed by atoms with E-state index < -0.39 is 10.0 Å². The lowest BCUT2D eigenvalue weighted by molar-refractivity contribution is 0.281. The number of benzene rings is 1. The van der Waals surface area contributed by atoms with E-state index in [9.17, 15) is 8.42 Å². The first kappa shape index (κ1) is 10.5. The highest BCUT2D eigenvalue weighted by atomic mass is 35.5. The number of nitrogens with two attached hydrogens (primary N) is 1. The van der Waals surface area contributed by atoms with Gasteiger partial charge in [0.05, 0.1) is 11.6 Å². The third-order valence-corrected chi connectivity index (χ3v) is 3.03. The molecule has 72 valence electrons. The van der Waals surface area contributed by atoms with Crippen LogP contribution in [0.25, 0.3) is 0 Å². The average molecular weight is 222 g/mol. The van der Waals surface area contributed by atoms with Crippen LogP contribution < -0.4 is 5.14 Å². The van der Waals surface area contributed by atoms with Gasteiger partial charge in [-0.25, -0.2) is 13.6 Å². The smallest absolute Gasteiger partial charge is 0.239 e. The van der Waals surface area contributed by atoms with Gasteiger partial charge in [-0.1, -0.05) is 23.7 Å². The van der Waals surface area contributed by atoms with Crippen molar-refractivity contribution in [3.8, 4) is 0 Å². The zero-order valence-corrected chi connectivity index (χ0v) is 8.14. The van der Waals surface area contributed by atoms with Crippen molar-refractivity contribution in [1.82, 2.24) is 0 Å². The summed E-state index contributed by atoms with van der Waals surface area (Å²) in [4.78, 5) is -0.166. The fourth-order valence-electron chi connectivity index (χ4n) is 0.898. The second-order valence-electron chi connectivity index (χ2n) is 2.43. The van der Waals surface area contributed by atoms with Crippen molar-refractivity contribution in [2.24, 2.45) is 5.14 Å². The predicted octanol–water partition coefficient (Wildman–Crippen LogP) is 0.480. The average Bonchev–Trinajstić information content (AvgIpc) is 2.02. The van der Waals surface area contributed by atoms with Crippen LogP contribution in [-0.2, 0) is 16.6 Å². The van der Waals surface area contributed by atoms with Gasteiger partial charge < -0.3 is 5.11 Å². The van der Waals surface area contributed by atoms with Crippen molar-refractivity contribution in [3.63, 3.8) is 0 Å². The summed E-state index contributed by atoms with van der Waals surface area (Å²) in [7, 11) is -3.81. The molecule has 0 radical (unpaired) electrons. The molecular formula is C7H8ClNO3S. The quantitative estimate of drug-likeness (QED) is 0.762. The molecule has 0 spiro atoms. The molecule has 0 aliphatic rings. The number of hydrogen-bond donors (Lipinski definition) is 2. The Labute approximate surface area is 81.0 Å². The zero-order valence-electron chi connectivity index (χ0n) is 6.57. The van der Waals surface area contributed by atoms with Crippen LogP contribution >= 0.6 is 11.6 Å². The molecule has 4 nitrogen and oxygen atoms in total. The Morgan fingerprint density at radius 2 is 2.08 bits per heavy atom. The molecule has 3 N–H and O–H groups in total. The number of halogens is 1. The van der Waals surface area contributed by atoms with Crippen molar-refractivity contribution in [1.29, 1.82) is 0 Å². The lowest BCUT2D eigenvalue weighted by atomic mass is 10.2. The van der Waals surface area contributed by atoms with Gasteiger partial charge in [0.25, 0.3) is 0 Å². The van der Waals surface area contributed by atoms with Gasteiger partial charge in [0.2, 0.25) is 10.0 Å². The maximum Gasteiger partial charge on any atom is 0.239 e. The molecule has 0 amide bonds. The number of hydrogen-bond acceptors (Lipinski definition) is 3. The second-order valence-corrected chi connectivity index (χ2v) is 4.34. The molecule has 0 unspecified atom stereocenters. The number of sulfonamides is 1. The molecule has 6 heteroatoms. The highest BCUT2D eigenvalue weighted by Crippen LogP contribution is 2.23. The van der Waals surface area contributed by atoms with Crippen LogP contribution in [0.1, 0.15) is 5.56 Å². The van der Waals surface area contributed by atoms with Crippen molar-refractivity contribution < 1.29 is 13.5 Å². The van der Waals surface area contributed by atoms with E-state index in [1.807, 2.05) is 0 Å². The summed E-state index contributed by atoms with van der Waals surface area (Å²) in [5.74, 6) is 0. The highest BCUT2D eigenvalue weighted by Gasteiger charge is 2.14. The Bertz CT molecular complexity index is 416. The Kier molecular flexibility index (Phi) is 2.92. The summed E-state index contributed by atoms with van der Waals surface area (Å²) in [5.41, 5.74) is 0.341. The second kappa shape index (κ2) is 3.63. The van der Waals surface area contributed by atoms with Gasteiger partial charge in [0.1, 0.15) is 4.90 Å². The van der Waals surface area contributed by atoms with E-state index in [4.69, 9.17) is 21.8 Å². The fourth-order valence-corrected chi connectivity index (χ4v) is 2.06. The number of rotatable bonds is 2. The summed E-state index contributed by atoms with van der Waals surface area (Å²) in [6.45, 7) is -0.317. The molecule has 0 saturated heterocycles. The molecule has 0 atom stereocenters. The normalized spacial score (nSPS) is 11.6. The number of primary sulfonamides is 1. The Morgan fingerprint density at radius 3 is 2.54 bits per heavy atom. The topological polar surface area (TPSA) is 80.4 Å². The van der Waals surface area contributed by atoms with Gasteiger partial charge >= 0.3 is 0 Å². The molecule has 0 heterocycles. The Hall–Kier alpha value is -0.620. The molecule has 0 bridgehead atoms. The number of aliphatic hydroxyl groups excluding tert-OH is 1. The van der Waals surface area contributed by atoms with Gasteiger partial charge in [0, 0.05) is 0 Å². The summed E-state index contributed by atoms with van der Waals surface area (Å²) >= 11 is 5.67. The van der Waals surface area contributed by atoms with Crippen LogP contribution in [0.5, 0.6) is 0 Å². The lowest BCUT2D eigenvalue weighted by Crippen LogP contribution is -2.13. The van der Waals surface area contributed by atoms with E-state index in [-0.39, 0.29) is 16.5 Å². The van der Waals surface area contributed by atoms with E-state index in [0.717, 1.165) is 0 Å². The standard InChI is InChI=1S/C7H8ClNO3S/c8-7-5(4-10)2-1-3-6(7)13(9,11)12/h1-3,10H,4H2,(H2,9,11,12). The summed E-state index contributed by atoms with van der Waals surface area (Å²) in [5, 5.41) is 13.7. The lowest BCUT2D eigenvalue weighted by Gasteiger charge is -2.04. The van der Waals surface area contributed by atoms with Gasteiger partial charge in [-0.15, -0.1) is 0 Å². The van der Waals surface area contributed by atoms with Crippen LogP contribution in [0.3, 0.4) is 0 Å². The minimum absolute atomic E-state index is 0.0208. The van der Waals surface area contributed by atoms with Crippen LogP contribution in [-0.4, -0.2) is 13.5 Å². The maximum atomic E-state index is 10.9. The van der Waals surface area contributed by atoms with E-state index in [1.54, 1.807) is 0 Å². The molecule has 0 aromatic heterocycles. The van der Waals surface area contributed by atoms with Gasteiger partial charge in [0.15, 0.2) is 0 Å². The van der Waals surface area contributed by atoms with Gasteiger partial charge in [-0.05, 0) is 11.6 Å². The van der Waals surface area contributed by atoms with Crippen molar-refractivity contribution in [2.75, 3.05) is 0 Å². The first-order chi connectivity index (χ1) is 5.96. The zero-order chi connectivity index (χ0) is 10.1. The molecule has 0 aliphatic heterocycles. The minimum atomic E-state index is -3.81. The van der Waals surface area contributed by atoms with E-state index in [0.29, 0.717) is 5.56 Å². The first-order valence-electron chi connectivity index (χ1n) is 3.38. The summed E-state index contributed by atoms with van der Waals surface area (Å²) in [6.07, 6.45) is 0. The van der Waals surface area contributed by atoms with Gasteiger partial charge in [-0.2, -0.15) is 0 Å². The largest absolute Gasteiger partial charge is 0.392 e. The molecule has 1 rings (SSSR count). The highest BCUT2D eigenvalue weighted by molar-refractivity contribution is 7.89. The molecular weight excluding hydrogens is 214 g/mol. The van der Waals surface area contributed by atoms with Crippen LogP contribution in [0.4, 0.5) is 0 Å². The maximum absolute atomic E-state index is 10.9. The van der Waals surface area contributed by atoms with E-state index >= 15 is 0 Å².